The van der Waals surface area contributed by atoms with Crippen LogP contribution in [0.2, 0.25) is 0 Å². The Morgan fingerprint density at radius 3 is 2.62 bits per heavy atom. The van der Waals surface area contributed by atoms with Gasteiger partial charge in [-0.2, -0.15) is 0 Å². The minimum absolute atomic E-state index is 0.102. The van der Waals surface area contributed by atoms with Gasteiger partial charge in [-0.05, 0) is 25.5 Å². The van der Waals surface area contributed by atoms with Crippen molar-refractivity contribution in [2.45, 2.75) is 38.5 Å². The Kier molecular flexibility index (Phi) is 3.75. The number of ether oxygens (including phenoxy) is 1. The molecule has 10 heteroatoms. The third kappa shape index (κ3) is 2.48. The first-order valence-electron chi connectivity index (χ1n) is 9.47. The molecule has 10 nitrogen and oxygen atoms in total. The van der Waals surface area contributed by atoms with E-state index >= 15 is 0 Å². The number of imide groups is 2. The van der Waals surface area contributed by atoms with Crippen molar-refractivity contribution >= 4 is 23.7 Å². The molecule has 2 aromatic heterocycles. The van der Waals surface area contributed by atoms with Crippen molar-refractivity contribution in [1.82, 2.24) is 25.6 Å². The van der Waals surface area contributed by atoms with E-state index in [-0.39, 0.29) is 12.5 Å². The van der Waals surface area contributed by atoms with E-state index < -0.39 is 35.4 Å². The Labute approximate surface area is 166 Å². The number of morpholine rings is 1. The highest BCUT2D eigenvalue weighted by molar-refractivity contribution is 6.20. The molecule has 0 saturated carbocycles. The molecule has 3 aliphatic heterocycles. The SMILES string of the molecule is C[C@@H]1CN2c3ncc(-c4cnc[nH]4)cc3CC3(C(=O)NC(=O)NC3=O)[C@H]2[C@H](C)O1. The number of aromatic nitrogens is 3. The van der Waals surface area contributed by atoms with Gasteiger partial charge in [0.15, 0.2) is 5.41 Å². The molecule has 4 amide bonds. The molecular formula is C19H20N6O4. The van der Waals surface area contributed by atoms with Gasteiger partial charge in [0.1, 0.15) is 5.82 Å². The van der Waals surface area contributed by atoms with Crippen LogP contribution >= 0.6 is 0 Å². The van der Waals surface area contributed by atoms with Gasteiger partial charge >= 0.3 is 6.03 Å². The zero-order chi connectivity index (χ0) is 20.3. The molecule has 0 unspecified atom stereocenters. The number of imidazole rings is 1. The summed E-state index contributed by atoms with van der Waals surface area (Å²) in [6.07, 6.45) is 4.61. The molecule has 2 aromatic rings. The van der Waals surface area contributed by atoms with Crippen molar-refractivity contribution in [2.24, 2.45) is 5.41 Å². The summed E-state index contributed by atoms with van der Waals surface area (Å²) in [5.74, 6) is -0.490. The molecule has 0 bridgehead atoms. The molecule has 0 aliphatic carbocycles. The first kappa shape index (κ1) is 17.8. The Bertz CT molecular complexity index is 1000. The number of hydrogen-bond donors (Lipinski definition) is 3. The number of hydrogen-bond acceptors (Lipinski definition) is 7. The first-order chi connectivity index (χ1) is 13.9. The van der Waals surface area contributed by atoms with Crippen molar-refractivity contribution < 1.29 is 19.1 Å². The molecule has 5 heterocycles. The lowest BCUT2D eigenvalue weighted by Gasteiger charge is -2.54. The number of pyridine rings is 1. The quantitative estimate of drug-likeness (QED) is 0.594. The lowest BCUT2D eigenvalue weighted by molar-refractivity contribution is -0.153. The van der Waals surface area contributed by atoms with Crippen molar-refractivity contribution in [2.75, 3.05) is 11.4 Å². The molecule has 3 atom stereocenters. The fourth-order valence-corrected chi connectivity index (χ4v) is 4.86. The van der Waals surface area contributed by atoms with Crippen LogP contribution in [0.5, 0.6) is 0 Å². The zero-order valence-corrected chi connectivity index (χ0v) is 15.9. The second-order valence-electron chi connectivity index (χ2n) is 7.81. The highest BCUT2D eigenvalue weighted by Crippen LogP contribution is 2.46. The van der Waals surface area contributed by atoms with Crippen LogP contribution in [0.25, 0.3) is 11.3 Å². The van der Waals surface area contributed by atoms with Gasteiger partial charge in [-0.15, -0.1) is 0 Å². The van der Waals surface area contributed by atoms with E-state index in [1.54, 1.807) is 18.7 Å². The zero-order valence-electron chi connectivity index (χ0n) is 15.9. The van der Waals surface area contributed by atoms with Crippen LogP contribution in [0.3, 0.4) is 0 Å². The molecule has 0 aromatic carbocycles. The normalized spacial score (nSPS) is 27.9. The van der Waals surface area contributed by atoms with Gasteiger partial charge in [0.25, 0.3) is 0 Å². The van der Waals surface area contributed by atoms with E-state index in [4.69, 9.17) is 4.74 Å². The Hall–Kier alpha value is -3.27. The Morgan fingerprint density at radius 2 is 1.93 bits per heavy atom. The number of nitrogens with one attached hydrogen (secondary N) is 3. The van der Waals surface area contributed by atoms with Crippen molar-refractivity contribution in [3.8, 4) is 11.3 Å². The predicted octanol–water partition coefficient (Wildman–Crippen LogP) is 0.362. The van der Waals surface area contributed by atoms with Crippen LogP contribution in [0.15, 0.2) is 24.8 Å². The molecular weight excluding hydrogens is 376 g/mol. The summed E-state index contributed by atoms with van der Waals surface area (Å²) in [7, 11) is 0. The molecule has 5 rings (SSSR count). The van der Waals surface area contributed by atoms with Gasteiger partial charge < -0.3 is 14.6 Å². The summed E-state index contributed by atoms with van der Waals surface area (Å²) >= 11 is 0. The van der Waals surface area contributed by atoms with Crippen molar-refractivity contribution in [3.05, 3.63) is 30.4 Å². The highest BCUT2D eigenvalue weighted by atomic mass is 16.5. The summed E-state index contributed by atoms with van der Waals surface area (Å²) in [6.45, 7) is 4.27. The summed E-state index contributed by atoms with van der Waals surface area (Å²) in [5.41, 5.74) is 0.855. The third-order valence-electron chi connectivity index (χ3n) is 5.94. The lowest BCUT2D eigenvalue weighted by atomic mass is 9.67. The standard InChI is InChI=1S/C19H20N6O4/c1-9-7-25-14(10(2)29-9)19(16(26)23-18(28)24-17(19)27)4-11-3-12(5-21-15(11)25)13-6-20-8-22-13/h3,5-6,8-10,14H,4,7H2,1-2H3,(H,20,22)(H2,23,24,26,27,28)/t9-,10+,14-/m1/s1. The Balaban J connectivity index is 1.69. The van der Waals surface area contributed by atoms with Crippen molar-refractivity contribution in [1.29, 1.82) is 0 Å². The summed E-state index contributed by atoms with van der Waals surface area (Å²) in [5, 5.41) is 4.56. The second-order valence-corrected chi connectivity index (χ2v) is 7.81. The van der Waals surface area contributed by atoms with Crippen molar-refractivity contribution in [3.63, 3.8) is 0 Å². The highest BCUT2D eigenvalue weighted by Gasteiger charge is 2.63. The van der Waals surface area contributed by atoms with E-state index in [1.165, 1.54) is 0 Å². The van der Waals surface area contributed by atoms with Gasteiger partial charge in [-0.25, -0.2) is 14.8 Å². The monoisotopic (exact) mass is 396 g/mol. The number of rotatable bonds is 1. The van der Waals surface area contributed by atoms with Gasteiger partial charge in [0.2, 0.25) is 11.8 Å². The lowest BCUT2D eigenvalue weighted by Crippen LogP contribution is -2.75. The predicted molar refractivity (Wildman–Crippen MR) is 101 cm³/mol. The number of amides is 4. The van der Waals surface area contributed by atoms with Crippen LogP contribution < -0.4 is 15.5 Å². The average Bonchev–Trinajstić information content (AvgIpc) is 3.20. The molecule has 0 radical (unpaired) electrons. The van der Waals surface area contributed by atoms with Gasteiger partial charge in [-0.3, -0.25) is 20.2 Å². The topological polar surface area (TPSA) is 129 Å². The second kappa shape index (κ2) is 6.11. The molecule has 2 fully saturated rings. The maximum absolute atomic E-state index is 13.1. The van der Waals surface area contributed by atoms with Crippen LogP contribution in [0, 0.1) is 5.41 Å². The van der Waals surface area contributed by atoms with Gasteiger partial charge in [0.05, 0.1) is 36.5 Å². The van der Waals surface area contributed by atoms with Crippen LogP contribution in [0.4, 0.5) is 10.6 Å². The number of anilines is 1. The van der Waals surface area contributed by atoms with E-state index in [0.717, 1.165) is 22.6 Å². The average molecular weight is 396 g/mol. The number of carbonyl (C=O) groups is 3. The minimum atomic E-state index is -1.49. The van der Waals surface area contributed by atoms with E-state index in [0.29, 0.717) is 6.54 Å². The number of aromatic amines is 1. The first-order valence-corrected chi connectivity index (χ1v) is 9.47. The third-order valence-corrected chi connectivity index (χ3v) is 5.94. The maximum atomic E-state index is 13.1. The molecule has 150 valence electrons. The summed E-state index contributed by atoms with van der Waals surface area (Å²) in [6, 6.07) is 0.533. The maximum Gasteiger partial charge on any atom is 0.328 e. The molecule has 2 saturated heterocycles. The van der Waals surface area contributed by atoms with Gasteiger partial charge in [0, 0.05) is 24.7 Å². The summed E-state index contributed by atoms with van der Waals surface area (Å²) < 4.78 is 5.98. The minimum Gasteiger partial charge on any atom is -0.372 e. The number of urea groups is 1. The van der Waals surface area contributed by atoms with Crippen LogP contribution in [-0.4, -0.2) is 57.6 Å². The largest absolute Gasteiger partial charge is 0.372 e. The fourth-order valence-electron chi connectivity index (χ4n) is 4.86. The molecule has 3 aliphatic rings. The van der Waals surface area contributed by atoms with E-state index in [2.05, 4.69) is 25.6 Å². The number of fused-ring (bicyclic) bond motifs is 4. The van der Waals surface area contributed by atoms with Gasteiger partial charge in [-0.1, -0.05) is 0 Å². The molecule has 1 spiro atoms. The number of carbonyl (C=O) groups excluding carboxylic acids is 3. The van der Waals surface area contributed by atoms with Crippen LogP contribution in [-0.2, 0) is 20.7 Å². The fraction of sp³-hybridized carbons (Fsp3) is 0.421. The number of barbiturate groups is 1. The Morgan fingerprint density at radius 1 is 1.17 bits per heavy atom. The smallest absolute Gasteiger partial charge is 0.328 e. The molecule has 29 heavy (non-hydrogen) atoms. The summed E-state index contributed by atoms with van der Waals surface area (Å²) in [4.78, 5) is 51.6. The van der Waals surface area contributed by atoms with E-state index in [1.807, 2.05) is 24.8 Å². The van der Waals surface area contributed by atoms with E-state index in [9.17, 15) is 14.4 Å². The number of H-pyrrole nitrogens is 1. The van der Waals surface area contributed by atoms with Crippen LogP contribution in [0.1, 0.15) is 19.4 Å². The molecule has 3 N–H and O–H groups in total. The number of nitrogens with zero attached hydrogens (tertiary/aromatic N) is 3.